The van der Waals surface area contributed by atoms with Crippen LogP contribution in [-0.2, 0) is 6.42 Å². The largest absolute Gasteiger partial charge is 0.308 e. The van der Waals surface area contributed by atoms with Crippen molar-refractivity contribution in [3.63, 3.8) is 0 Å². The predicted molar refractivity (Wildman–Crippen MR) is 94.1 cm³/mol. The van der Waals surface area contributed by atoms with Crippen LogP contribution >= 0.6 is 11.3 Å². The van der Waals surface area contributed by atoms with Crippen molar-refractivity contribution in [2.24, 2.45) is 4.99 Å². The molecule has 1 aliphatic carbocycles. The molecule has 0 atom stereocenters. The summed E-state index contributed by atoms with van der Waals surface area (Å²) in [6.07, 6.45) is 5.58. The Balaban J connectivity index is 2.07. The number of unbranched alkanes of at least 4 members (excludes halogenated alkanes) is 3. The molecule has 0 fully saturated rings. The quantitative estimate of drug-likeness (QED) is 0.685. The topological polar surface area (TPSA) is 62.6 Å². The Kier molecular flexibility index (Phi) is 6.59. The highest BCUT2D eigenvalue weighted by Gasteiger charge is 2.32. The number of hydrogen-bond donors (Lipinski definition) is 0. The molecule has 0 aliphatic heterocycles. The fourth-order valence-electron chi connectivity index (χ4n) is 2.48. The van der Waals surface area contributed by atoms with Crippen LogP contribution in [0.4, 0.5) is 0 Å². The number of hydrogen-bond acceptors (Lipinski definition) is 6. The molecule has 1 heterocycles. The van der Waals surface area contributed by atoms with Crippen molar-refractivity contribution >= 4 is 28.6 Å². The van der Waals surface area contributed by atoms with Crippen molar-refractivity contribution in [1.29, 1.82) is 0 Å². The second-order valence-corrected chi connectivity index (χ2v) is 7.24. The molecule has 1 aliphatic rings. The maximum atomic E-state index is 12.5. The van der Waals surface area contributed by atoms with Crippen LogP contribution in [0.3, 0.4) is 0 Å². The Morgan fingerprint density at radius 2 is 2.00 bits per heavy atom. The van der Waals surface area contributed by atoms with Gasteiger partial charge in [0.15, 0.2) is 5.78 Å². The molecule has 0 saturated heterocycles. The van der Waals surface area contributed by atoms with E-state index in [9.17, 15) is 9.59 Å². The van der Waals surface area contributed by atoms with E-state index < -0.39 is 0 Å². The van der Waals surface area contributed by atoms with Crippen LogP contribution in [-0.4, -0.2) is 54.3 Å². The third-order valence-corrected chi connectivity index (χ3v) is 4.94. The molecule has 0 saturated carbocycles. The SMILES string of the molecule is CCCCCCc1nc2c(s1)C(=O)C(=NCCN(C)C)CC2=O. The summed E-state index contributed by atoms with van der Waals surface area (Å²) in [5, 5.41) is 0.905. The van der Waals surface area contributed by atoms with Crippen LogP contribution in [0.2, 0.25) is 0 Å². The third-order valence-electron chi connectivity index (χ3n) is 3.83. The first-order valence-electron chi connectivity index (χ1n) is 8.28. The van der Waals surface area contributed by atoms with E-state index in [2.05, 4.69) is 16.9 Å². The van der Waals surface area contributed by atoms with Crippen molar-refractivity contribution in [2.75, 3.05) is 27.2 Å². The lowest BCUT2D eigenvalue weighted by molar-refractivity contribution is 0.0962. The third kappa shape index (κ3) is 4.78. The Morgan fingerprint density at radius 3 is 2.70 bits per heavy atom. The van der Waals surface area contributed by atoms with Gasteiger partial charge in [0.05, 0.1) is 23.7 Å². The zero-order chi connectivity index (χ0) is 16.8. The van der Waals surface area contributed by atoms with Crippen molar-refractivity contribution in [3.05, 3.63) is 15.6 Å². The van der Waals surface area contributed by atoms with Gasteiger partial charge in [0.25, 0.3) is 0 Å². The van der Waals surface area contributed by atoms with Gasteiger partial charge in [-0.05, 0) is 26.9 Å². The van der Waals surface area contributed by atoms with E-state index in [1.54, 1.807) is 0 Å². The monoisotopic (exact) mass is 335 g/mol. The highest BCUT2D eigenvalue weighted by Crippen LogP contribution is 2.27. The predicted octanol–water partition coefficient (Wildman–Crippen LogP) is 3.04. The van der Waals surface area contributed by atoms with E-state index in [4.69, 9.17) is 0 Å². The minimum absolute atomic E-state index is 0.0701. The number of aromatic nitrogens is 1. The summed E-state index contributed by atoms with van der Waals surface area (Å²) in [7, 11) is 3.92. The number of aryl methyl sites for hydroxylation is 1. The summed E-state index contributed by atoms with van der Waals surface area (Å²) >= 11 is 1.38. The number of carbonyl (C=O) groups excluding carboxylic acids is 2. The molecule has 0 amide bonds. The average molecular weight is 335 g/mol. The Labute approximate surface area is 141 Å². The smallest absolute Gasteiger partial charge is 0.219 e. The average Bonchev–Trinajstić information content (AvgIpc) is 2.93. The molecule has 0 bridgehead atoms. The van der Waals surface area contributed by atoms with Crippen molar-refractivity contribution in [3.8, 4) is 0 Å². The van der Waals surface area contributed by atoms with E-state index in [0.717, 1.165) is 24.4 Å². The van der Waals surface area contributed by atoms with Gasteiger partial charge >= 0.3 is 0 Å². The van der Waals surface area contributed by atoms with Gasteiger partial charge in [-0.25, -0.2) is 4.98 Å². The number of rotatable bonds is 8. The zero-order valence-corrected chi connectivity index (χ0v) is 15.0. The summed E-state index contributed by atoms with van der Waals surface area (Å²) in [6, 6.07) is 0. The Morgan fingerprint density at radius 1 is 1.22 bits per heavy atom. The molecule has 1 aromatic heterocycles. The van der Waals surface area contributed by atoms with E-state index >= 15 is 0 Å². The van der Waals surface area contributed by atoms with Crippen LogP contribution in [0.1, 0.15) is 64.2 Å². The molecule has 0 radical (unpaired) electrons. The molecule has 1 aromatic rings. The first kappa shape index (κ1) is 17.9. The summed E-state index contributed by atoms with van der Waals surface area (Å²) in [6.45, 7) is 3.49. The number of Topliss-reactive ketones (excluding diaryl/α,β-unsaturated/α-hetero) is 2. The van der Waals surface area contributed by atoms with Crippen molar-refractivity contribution in [1.82, 2.24) is 9.88 Å². The number of thiazole rings is 1. The second-order valence-electron chi connectivity index (χ2n) is 6.16. The second kappa shape index (κ2) is 8.45. The summed E-state index contributed by atoms with van der Waals surface area (Å²) in [5.74, 6) is -0.171. The highest BCUT2D eigenvalue weighted by molar-refractivity contribution is 7.15. The molecule has 6 heteroatoms. The lowest BCUT2D eigenvalue weighted by atomic mass is 9.98. The van der Waals surface area contributed by atoms with Crippen molar-refractivity contribution in [2.45, 2.75) is 45.4 Å². The van der Waals surface area contributed by atoms with Gasteiger partial charge in [0.1, 0.15) is 10.6 Å². The molecular formula is C17H25N3O2S. The summed E-state index contributed by atoms with van der Waals surface area (Å²) in [4.78, 5) is 36.0. The normalized spacial score (nSPS) is 16.4. The fourth-order valence-corrected chi connectivity index (χ4v) is 3.56. The summed E-state index contributed by atoms with van der Waals surface area (Å²) in [5.41, 5.74) is 0.766. The number of likely N-dealkylation sites (N-methyl/N-ethyl adjacent to an activating group) is 1. The number of carbonyl (C=O) groups is 2. The number of aliphatic imine (C=N–C) groups is 1. The van der Waals surface area contributed by atoms with Crippen LogP contribution in [0.25, 0.3) is 0 Å². The minimum Gasteiger partial charge on any atom is -0.308 e. The fraction of sp³-hybridized carbons (Fsp3) is 0.647. The maximum absolute atomic E-state index is 12.5. The van der Waals surface area contributed by atoms with Crippen LogP contribution in [0.5, 0.6) is 0 Å². The van der Waals surface area contributed by atoms with E-state index in [1.807, 2.05) is 19.0 Å². The van der Waals surface area contributed by atoms with Crippen LogP contribution in [0, 0.1) is 0 Å². The van der Waals surface area contributed by atoms with Gasteiger partial charge in [-0.15, -0.1) is 11.3 Å². The van der Waals surface area contributed by atoms with Gasteiger partial charge in [-0.2, -0.15) is 0 Å². The lowest BCUT2D eigenvalue weighted by Gasteiger charge is -2.11. The molecule has 0 aromatic carbocycles. The molecule has 126 valence electrons. The zero-order valence-electron chi connectivity index (χ0n) is 14.2. The molecule has 0 unspecified atom stereocenters. The van der Waals surface area contributed by atoms with Gasteiger partial charge in [0, 0.05) is 6.54 Å². The summed E-state index contributed by atoms with van der Waals surface area (Å²) < 4.78 is 0. The van der Waals surface area contributed by atoms with E-state index in [1.165, 1.54) is 30.6 Å². The molecule has 0 N–H and O–H groups in total. The van der Waals surface area contributed by atoms with E-state index in [0.29, 0.717) is 22.8 Å². The molecular weight excluding hydrogens is 310 g/mol. The van der Waals surface area contributed by atoms with E-state index in [-0.39, 0.29) is 18.0 Å². The molecule has 0 spiro atoms. The Hall–Kier alpha value is -1.40. The number of fused-ring (bicyclic) bond motifs is 1. The van der Waals surface area contributed by atoms with Gasteiger partial charge < -0.3 is 4.90 Å². The maximum Gasteiger partial charge on any atom is 0.219 e. The highest BCUT2D eigenvalue weighted by atomic mass is 32.1. The first-order chi connectivity index (χ1) is 11.0. The van der Waals surface area contributed by atoms with Crippen LogP contribution < -0.4 is 0 Å². The minimum atomic E-state index is -0.101. The number of ketones is 2. The molecule has 5 nitrogen and oxygen atoms in total. The van der Waals surface area contributed by atoms with Gasteiger partial charge in [0.2, 0.25) is 5.78 Å². The lowest BCUT2D eigenvalue weighted by Crippen LogP contribution is -2.27. The van der Waals surface area contributed by atoms with Gasteiger partial charge in [-0.3, -0.25) is 14.6 Å². The Bertz CT molecular complexity index is 605. The standard InChI is InChI=1S/C17H25N3O2S/c1-4-5-6-7-8-14-19-15-13(21)11-12(16(22)17(15)23-14)18-9-10-20(2)3/h4-11H2,1-3H3. The first-order valence-corrected chi connectivity index (χ1v) is 9.10. The molecule has 23 heavy (non-hydrogen) atoms. The van der Waals surface area contributed by atoms with Gasteiger partial charge in [-0.1, -0.05) is 26.2 Å². The van der Waals surface area contributed by atoms with Crippen molar-refractivity contribution < 1.29 is 9.59 Å². The van der Waals surface area contributed by atoms with Crippen LogP contribution in [0.15, 0.2) is 4.99 Å². The number of nitrogens with zero attached hydrogens (tertiary/aromatic N) is 3. The molecule has 2 rings (SSSR count).